The Labute approximate surface area is 216 Å². The first kappa shape index (κ1) is 31.6. The molecule has 0 aromatic rings. The van der Waals surface area contributed by atoms with E-state index in [9.17, 15) is 9.90 Å². The minimum Gasteiger partial charge on any atom is -0.477 e. The fraction of sp³-hybridized carbons (Fsp3) is 0.800. The van der Waals surface area contributed by atoms with Crippen LogP contribution in [-0.2, 0) is 4.79 Å². The summed E-state index contributed by atoms with van der Waals surface area (Å²) in [6.45, 7) is 4.12. The van der Waals surface area contributed by atoms with E-state index >= 15 is 0 Å². The standard InChI is InChI=1S/C30H55N3O2/c1-3-4-5-6-7-8-9-10-11-12-13-14-15-16-17-18-19-20-21-22-23-24-29-32-25-26-33(29,28(2)31)27-30(34)35/h15-16,25-26,28H,3-14,17-24,27,31H2,1-2H3/p+1/b16-15+. The molecule has 2 unspecified atom stereocenters. The van der Waals surface area contributed by atoms with E-state index < -0.39 is 5.97 Å². The van der Waals surface area contributed by atoms with Crippen LogP contribution in [0.25, 0.3) is 0 Å². The Morgan fingerprint density at radius 3 is 1.77 bits per heavy atom. The molecule has 0 amide bonds. The predicted octanol–water partition coefficient (Wildman–Crippen LogP) is 8.45. The molecule has 0 fully saturated rings. The van der Waals surface area contributed by atoms with Crippen LogP contribution in [0.1, 0.15) is 142 Å². The Balaban J connectivity index is 1.90. The number of carboxylic acids is 1. The first-order valence-corrected chi connectivity index (χ1v) is 14.8. The molecule has 0 aromatic carbocycles. The third-order valence-electron chi connectivity index (χ3n) is 7.32. The van der Waals surface area contributed by atoms with Crippen molar-refractivity contribution in [2.75, 3.05) is 6.54 Å². The quantitative estimate of drug-likeness (QED) is 0.0809. The van der Waals surface area contributed by atoms with Crippen LogP contribution in [0.5, 0.6) is 0 Å². The summed E-state index contributed by atoms with van der Waals surface area (Å²) >= 11 is 0. The summed E-state index contributed by atoms with van der Waals surface area (Å²) in [4.78, 5) is 15.8. The van der Waals surface area contributed by atoms with Gasteiger partial charge in [-0.1, -0.05) is 109 Å². The summed E-state index contributed by atoms with van der Waals surface area (Å²) in [5.74, 6) is 0.0553. The molecular formula is C30H56N3O2+. The van der Waals surface area contributed by atoms with Crippen LogP contribution in [0.4, 0.5) is 0 Å². The van der Waals surface area contributed by atoms with Crippen LogP contribution in [0.3, 0.4) is 0 Å². The van der Waals surface area contributed by atoms with Crippen LogP contribution in [-0.4, -0.2) is 34.1 Å². The minimum atomic E-state index is -0.839. The Morgan fingerprint density at radius 2 is 1.31 bits per heavy atom. The van der Waals surface area contributed by atoms with E-state index in [4.69, 9.17) is 5.73 Å². The molecule has 3 N–H and O–H groups in total. The predicted molar refractivity (Wildman–Crippen MR) is 150 cm³/mol. The number of allylic oxidation sites excluding steroid dienone is 2. The second-order valence-corrected chi connectivity index (χ2v) is 10.5. The Morgan fingerprint density at radius 1 is 0.857 bits per heavy atom. The number of rotatable bonds is 24. The zero-order chi connectivity index (χ0) is 25.6. The van der Waals surface area contributed by atoms with E-state index in [1.54, 1.807) is 6.20 Å². The third-order valence-corrected chi connectivity index (χ3v) is 7.32. The van der Waals surface area contributed by atoms with Gasteiger partial charge in [-0.05, 0) is 32.1 Å². The lowest BCUT2D eigenvalue weighted by Crippen LogP contribution is -2.59. The van der Waals surface area contributed by atoms with Crippen molar-refractivity contribution >= 4 is 11.8 Å². The van der Waals surface area contributed by atoms with Crippen LogP contribution >= 0.6 is 0 Å². The summed E-state index contributed by atoms with van der Waals surface area (Å²) < 4.78 is 0.168. The van der Waals surface area contributed by atoms with E-state index in [1.165, 1.54) is 116 Å². The second-order valence-electron chi connectivity index (χ2n) is 10.5. The number of carboxylic acid groups (broad SMARTS) is 1. The van der Waals surface area contributed by atoms with Crippen molar-refractivity contribution in [1.29, 1.82) is 0 Å². The number of nitrogens with two attached hydrogens (primary N) is 1. The van der Waals surface area contributed by atoms with E-state index in [-0.39, 0.29) is 17.2 Å². The molecule has 1 aliphatic heterocycles. The van der Waals surface area contributed by atoms with Crippen molar-refractivity contribution in [1.82, 2.24) is 0 Å². The summed E-state index contributed by atoms with van der Waals surface area (Å²) in [6, 6.07) is 0. The molecule has 0 aliphatic carbocycles. The second kappa shape index (κ2) is 20.7. The van der Waals surface area contributed by atoms with Crippen molar-refractivity contribution in [3.05, 3.63) is 24.6 Å². The highest BCUT2D eigenvalue weighted by Crippen LogP contribution is 2.23. The SMILES string of the molecule is CCCCCCCCCCCCC/C=C/CCCCCCCCC1=NC=C[N+]1(CC(=O)O)C(C)N. The van der Waals surface area contributed by atoms with Gasteiger partial charge in [0.15, 0.2) is 6.54 Å². The molecule has 35 heavy (non-hydrogen) atoms. The summed E-state index contributed by atoms with van der Waals surface area (Å²) in [7, 11) is 0. The maximum absolute atomic E-state index is 11.3. The zero-order valence-electron chi connectivity index (χ0n) is 23.1. The molecular weight excluding hydrogens is 434 g/mol. The van der Waals surface area contributed by atoms with Crippen LogP contribution in [0, 0.1) is 0 Å². The molecule has 1 rings (SSSR count). The monoisotopic (exact) mass is 490 g/mol. The highest BCUT2D eigenvalue weighted by Gasteiger charge is 2.40. The summed E-state index contributed by atoms with van der Waals surface area (Å²) in [5.41, 5.74) is 6.12. The fourth-order valence-electron chi connectivity index (χ4n) is 5.00. The van der Waals surface area contributed by atoms with E-state index in [0.29, 0.717) is 0 Å². The average Bonchev–Trinajstić information content (AvgIpc) is 3.23. The van der Waals surface area contributed by atoms with Gasteiger partial charge in [0.25, 0.3) is 0 Å². The molecule has 1 aliphatic rings. The Bertz CT molecular complexity index is 627. The maximum Gasteiger partial charge on any atom is 0.360 e. The van der Waals surface area contributed by atoms with E-state index in [1.807, 2.05) is 13.1 Å². The molecule has 0 spiro atoms. The normalized spacial score (nSPS) is 18.4. The number of amidine groups is 1. The lowest BCUT2D eigenvalue weighted by Gasteiger charge is -2.34. The van der Waals surface area contributed by atoms with Crippen LogP contribution in [0.15, 0.2) is 29.5 Å². The topological polar surface area (TPSA) is 75.7 Å². The smallest absolute Gasteiger partial charge is 0.360 e. The molecule has 0 saturated heterocycles. The maximum atomic E-state index is 11.3. The summed E-state index contributed by atoms with van der Waals surface area (Å²) in [6.07, 6.45) is 34.2. The first-order chi connectivity index (χ1) is 17.0. The molecule has 0 aromatic heterocycles. The van der Waals surface area contributed by atoms with Gasteiger partial charge in [-0.2, -0.15) is 0 Å². The van der Waals surface area contributed by atoms with Gasteiger partial charge in [0.2, 0.25) is 5.84 Å². The number of aliphatic imine (C=N–C) groups is 1. The molecule has 2 atom stereocenters. The van der Waals surface area contributed by atoms with Crippen LogP contribution in [0.2, 0.25) is 0 Å². The zero-order valence-corrected chi connectivity index (χ0v) is 23.1. The van der Waals surface area contributed by atoms with Gasteiger partial charge in [-0.25, -0.2) is 14.3 Å². The molecule has 1 heterocycles. The van der Waals surface area contributed by atoms with Crippen molar-refractivity contribution in [2.24, 2.45) is 10.7 Å². The lowest BCUT2D eigenvalue weighted by atomic mass is 10.0. The number of hydrogen-bond donors (Lipinski definition) is 2. The number of hydrogen-bond acceptors (Lipinski definition) is 3. The van der Waals surface area contributed by atoms with Crippen molar-refractivity contribution < 1.29 is 14.4 Å². The summed E-state index contributed by atoms with van der Waals surface area (Å²) in [5, 5.41) is 9.29. The van der Waals surface area contributed by atoms with Crippen molar-refractivity contribution in [3.8, 4) is 0 Å². The van der Waals surface area contributed by atoms with E-state index in [2.05, 4.69) is 24.1 Å². The molecule has 5 nitrogen and oxygen atoms in total. The number of quaternary nitrogens is 1. The number of aliphatic carboxylic acids is 1. The third kappa shape index (κ3) is 14.6. The van der Waals surface area contributed by atoms with Crippen molar-refractivity contribution in [3.63, 3.8) is 0 Å². The van der Waals surface area contributed by atoms with Gasteiger partial charge in [-0.15, -0.1) is 0 Å². The molecule has 0 bridgehead atoms. The largest absolute Gasteiger partial charge is 0.477 e. The minimum absolute atomic E-state index is 0.0280. The number of nitrogens with zero attached hydrogens (tertiary/aromatic N) is 2. The van der Waals surface area contributed by atoms with Gasteiger partial charge in [0.05, 0.1) is 6.20 Å². The van der Waals surface area contributed by atoms with Crippen molar-refractivity contribution in [2.45, 2.75) is 148 Å². The van der Waals surface area contributed by atoms with Gasteiger partial charge in [0.1, 0.15) is 12.4 Å². The lowest BCUT2D eigenvalue weighted by molar-refractivity contribution is -0.805. The highest BCUT2D eigenvalue weighted by atomic mass is 16.4. The molecule has 0 radical (unpaired) electrons. The molecule has 202 valence electrons. The number of carbonyl (C=O) groups is 1. The fourth-order valence-corrected chi connectivity index (χ4v) is 5.00. The van der Waals surface area contributed by atoms with Gasteiger partial charge >= 0.3 is 5.97 Å². The Hall–Kier alpha value is -1.46. The first-order valence-electron chi connectivity index (χ1n) is 14.8. The average molecular weight is 491 g/mol. The van der Waals surface area contributed by atoms with Gasteiger partial charge < -0.3 is 5.11 Å². The highest BCUT2D eigenvalue weighted by molar-refractivity contribution is 5.81. The molecule has 0 saturated carbocycles. The molecule has 5 heteroatoms. The Kier molecular flexibility index (Phi) is 18.7. The number of unbranched alkanes of at least 4 members (excludes halogenated alkanes) is 17. The van der Waals surface area contributed by atoms with Gasteiger partial charge in [0, 0.05) is 13.3 Å². The van der Waals surface area contributed by atoms with Crippen LogP contribution < -0.4 is 5.73 Å². The van der Waals surface area contributed by atoms with Gasteiger partial charge in [-0.3, -0.25) is 5.73 Å². The van der Waals surface area contributed by atoms with E-state index in [0.717, 1.165) is 18.7 Å².